The molecule has 2 aromatic heterocycles. The Labute approximate surface area is 185 Å². The van der Waals surface area contributed by atoms with Gasteiger partial charge in [0.05, 0.1) is 17.7 Å². The fourth-order valence-electron chi connectivity index (χ4n) is 3.64. The lowest BCUT2D eigenvalue weighted by atomic mass is 9.92. The second-order valence-electron chi connectivity index (χ2n) is 7.60. The van der Waals surface area contributed by atoms with E-state index in [1.54, 1.807) is 29.9 Å². The summed E-state index contributed by atoms with van der Waals surface area (Å²) in [5.74, 6) is 0.755. The highest BCUT2D eigenvalue weighted by Gasteiger charge is 2.25. The maximum Gasteiger partial charge on any atom is 0.253 e. The van der Waals surface area contributed by atoms with E-state index in [1.165, 1.54) is 12.5 Å². The SMILES string of the molecule is Cn1ncnc1COc1ncc(C(=O)N[C@@H]2CCCC[C@H]2O)cc1-c1ccc(Cl)cc1. The first-order valence-corrected chi connectivity index (χ1v) is 10.6. The van der Waals surface area contributed by atoms with Crippen molar-refractivity contribution in [2.24, 2.45) is 7.05 Å². The summed E-state index contributed by atoms with van der Waals surface area (Å²) in [6.07, 6.45) is 5.86. The molecule has 3 aromatic rings. The molecule has 0 unspecified atom stereocenters. The van der Waals surface area contributed by atoms with Gasteiger partial charge in [-0.25, -0.2) is 9.97 Å². The van der Waals surface area contributed by atoms with Crippen LogP contribution in [-0.4, -0.2) is 42.9 Å². The van der Waals surface area contributed by atoms with E-state index < -0.39 is 6.10 Å². The van der Waals surface area contributed by atoms with Crippen molar-refractivity contribution < 1.29 is 14.6 Å². The van der Waals surface area contributed by atoms with Gasteiger partial charge in [-0.15, -0.1) is 0 Å². The molecule has 31 heavy (non-hydrogen) atoms. The number of aryl methyl sites for hydroxylation is 1. The third-order valence-electron chi connectivity index (χ3n) is 5.46. The van der Waals surface area contributed by atoms with E-state index in [2.05, 4.69) is 20.4 Å². The van der Waals surface area contributed by atoms with Crippen LogP contribution in [0.1, 0.15) is 41.9 Å². The summed E-state index contributed by atoms with van der Waals surface area (Å²) < 4.78 is 7.53. The molecular formula is C22H24ClN5O3. The minimum atomic E-state index is -0.518. The van der Waals surface area contributed by atoms with Crippen molar-refractivity contribution >= 4 is 17.5 Å². The van der Waals surface area contributed by atoms with E-state index in [0.29, 0.717) is 34.3 Å². The summed E-state index contributed by atoms with van der Waals surface area (Å²) in [5, 5.41) is 17.8. The molecule has 1 saturated carbocycles. The molecule has 1 amide bonds. The molecule has 0 spiro atoms. The first-order chi connectivity index (χ1) is 15.0. The fraction of sp³-hybridized carbons (Fsp3) is 0.364. The minimum Gasteiger partial charge on any atom is -0.469 e. The highest BCUT2D eigenvalue weighted by atomic mass is 35.5. The van der Waals surface area contributed by atoms with Crippen LogP contribution in [0.2, 0.25) is 5.02 Å². The summed E-state index contributed by atoms with van der Waals surface area (Å²) in [6.45, 7) is 0.184. The van der Waals surface area contributed by atoms with Crippen LogP contribution in [0.15, 0.2) is 42.9 Å². The lowest BCUT2D eigenvalue weighted by molar-refractivity contribution is 0.0717. The van der Waals surface area contributed by atoms with Crippen molar-refractivity contribution in [3.8, 4) is 17.0 Å². The molecule has 4 rings (SSSR count). The van der Waals surface area contributed by atoms with E-state index in [-0.39, 0.29) is 18.6 Å². The highest BCUT2D eigenvalue weighted by Crippen LogP contribution is 2.31. The van der Waals surface area contributed by atoms with E-state index in [0.717, 1.165) is 24.8 Å². The van der Waals surface area contributed by atoms with Crippen molar-refractivity contribution in [1.82, 2.24) is 25.1 Å². The second kappa shape index (κ2) is 9.45. The fourth-order valence-corrected chi connectivity index (χ4v) is 3.77. The number of hydrogen-bond acceptors (Lipinski definition) is 6. The molecule has 9 heteroatoms. The first-order valence-electron chi connectivity index (χ1n) is 10.2. The van der Waals surface area contributed by atoms with Gasteiger partial charge in [-0.05, 0) is 36.6 Å². The Hall–Kier alpha value is -2.97. The number of aromatic nitrogens is 4. The van der Waals surface area contributed by atoms with Crippen LogP contribution in [0.25, 0.3) is 11.1 Å². The Morgan fingerprint density at radius 2 is 2.03 bits per heavy atom. The summed E-state index contributed by atoms with van der Waals surface area (Å²) >= 11 is 6.04. The van der Waals surface area contributed by atoms with Gasteiger partial charge in [-0.1, -0.05) is 36.6 Å². The average Bonchev–Trinajstić information content (AvgIpc) is 3.19. The zero-order valence-electron chi connectivity index (χ0n) is 17.2. The number of carbonyl (C=O) groups is 1. The number of nitrogens with zero attached hydrogens (tertiary/aromatic N) is 4. The topological polar surface area (TPSA) is 102 Å². The molecule has 8 nitrogen and oxygen atoms in total. The predicted octanol–water partition coefficient (Wildman–Crippen LogP) is 3.14. The summed E-state index contributed by atoms with van der Waals surface area (Å²) in [7, 11) is 1.78. The van der Waals surface area contributed by atoms with E-state index in [1.807, 2.05) is 12.1 Å². The average molecular weight is 442 g/mol. The summed E-state index contributed by atoms with van der Waals surface area (Å²) in [4.78, 5) is 21.4. The molecule has 2 atom stereocenters. The number of pyridine rings is 1. The highest BCUT2D eigenvalue weighted by molar-refractivity contribution is 6.30. The van der Waals surface area contributed by atoms with Gasteiger partial charge in [0.25, 0.3) is 5.91 Å². The number of halogens is 1. The largest absolute Gasteiger partial charge is 0.469 e. The van der Waals surface area contributed by atoms with Gasteiger partial charge in [0.1, 0.15) is 12.9 Å². The van der Waals surface area contributed by atoms with E-state index in [4.69, 9.17) is 16.3 Å². The van der Waals surface area contributed by atoms with Crippen LogP contribution >= 0.6 is 11.6 Å². The maximum absolute atomic E-state index is 12.9. The Kier molecular flexibility index (Phi) is 6.48. The van der Waals surface area contributed by atoms with Crippen LogP contribution in [0.3, 0.4) is 0 Å². The predicted molar refractivity (Wildman–Crippen MR) is 116 cm³/mol. The third kappa shape index (κ3) is 5.03. The number of aliphatic hydroxyl groups excluding tert-OH is 1. The van der Waals surface area contributed by atoms with Crippen LogP contribution in [0.5, 0.6) is 5.88 Å². The summed E-state index contributed by atoms with van der Waals surface area (Å²) in [6, 6.07) is 8.74. The van der Waals surface area contributed by atoms with E-state index >= 15 is 0 Å². The Morgan fingerprint density at radius 3 is 2.74 bits per heavy atom. The number of carbonyl (C=O) groups excluding carboxylic acids is 1. The smallest absolute Gasteiger partial charge is 0.253 e. The summed E-state index contributed by atoms with van der Waals surface area (Å²) in [5.41, 5.74) is 1.88. The van der Waals surface area contributed by atoms with Crippen molar-refractivity contribution in [3.05, 3.63) is 59.3 Å². The number of nitrogens with one attached hydrogen (secondary N) is 1. The minimum absolute atomic E-state index is 0.184. The number of rotatable bonds is 6. The molecule has 162 valence electrons. The second-order valence-corrected chi connectivity index (χ2v) is 8.04. The molecule has 1 aliphatic rings. The third-order valence-corrected chi connectivity index (χ3v) is 5.71. The maximum atomic E-state index is 12.9. The van der Waals surface area contributed by atoms with Crippen LogP contribution in [0.4, 0.5) is 0 Å². The number of benzene rings is 1. The van der Waals surface area contributed by atoms with Gasteiger partial charge in [-0.3, -0.25) is 9.48 Å². The number of aliphatic hydroxyl groups is 1. The monoisotopic (exact) mass is 441 g/mol. The zero-order valence-corrected chi connectivity index (χ0v) is 17.9. The number of hydrogen-bond donors (Lipinski definition) is 2. The van der Waals surface area contributed by atoms with Crippen molar-refractivity contribution in [3.63, 3.8) is 0 Å². The van der Waals surface area contributed by atoms with Crippen molar-refractivity contribution in [2.75, 3.05) is 0 Å². The molecule has 1 aliphatic carbocycles. The van der Waals surface area contributed by atoms with Crippen molar-refractivity contribution in [1.29, 1.82) is 0 Å². The van der Waals surface area contributed by atoms with E-state index in [9.17, 15) is 9.90 Å². The van der Waals surface area contributed by atoms with Crippen LogP contribution in [0, 0.1) is 0 Å². The molecule has 1 fully saturated rings. The quantitative estimate of drug-likeness (QED) is 0.609. The Morgan fingerprint density at radius 1 is 1.26 bits per heavy atom. The first kappa shape index (κ1) is 21.3. The van der Waals surface area contributed by atoms with Gasteiger partial charge in [0, 0.05) is 23.8 Å². The Bertz CT molecular complexity index is 1050. The molecule has 2 N–H and O–H groups in total. The Balaban J connectivity index is 1.60. The molecule has 0 radical (unpaired) electrons. The van der Waals surface area contributed by atoms with Gasteiger partial charge >= 0.3 is 0 Å². The number of amides is 1. The van der Waals surface area contributed by atoms with Gasteiger partial charge in [0.2, 0.25) is 5.88 Å². The van der Waals surface area contributed by atoms with Gasteiger partial charge in [-0.2, -0.15) is 5.10 Å². The molecular weight excluding hydrogens is 418 g/mol. The molecule has 1 aromatic carbocycles. The van der Waals surface area contributed by atoms with Crippen LogP contribution in [-0.2, 0) is 13.7 Å². The molecule has 0 saturated heterocycles. The molecule has 0 aliphatic heterocycles. The van der Waals surface area contributed by atoms with Gasteiger partial charge in [0.15, 0.2) is 5.82 Å². The molecule has 0 bridgehead atoms. The van der Waals surface area contributed by atoms with Gasteiger partial charge < -0.3 is 15.2 Å². The lowest BCUT2D eigenvalue weighted by Gasteiger charge is -2.28. The molecule has 2 heterocycles. The standard InChI is InChI=1S/C22H24ClN5O3/c1-28-20(25-13-26-28)12-31-22-17(14-6-8-16(23)9-7-14)10-15(11-24-22)21(30)27-18-4-2-3-5-19(18)29/h6-11,13,18-19,29H,2-5,12H2,1H3,(H,27,30)/t18-,19-/m1/s1. The number of ether oxygens (including phenoxy) is 1. The lowest BCUT2D eigenvalue weighted by Crippen LogP contribution is -2.45. The normalized spacial score (nSPS) is 18.5. The van der Waals surface area contributed by atoms with Crippen LogP contribution < -0.4 is 10.1 Å². The zero-order chi connectivity index (χ0) is 21.8. The van der Waals surface area contributed by atoms with Crippen molar-refractivity contribution in [2.45, 2.75) is 44.4 Å².